The minimum atomic E-state index is -0.00578. The topological polar surface area (TPSA) is 51.0 Å². The first-order valence-electron chi connectivity index (χ1n) is 6.46. The minimum Gasteiger partial charge on any atom is -0.327 e. The van der Waals surface area contributed by atoms with Gasteiger partial charge in [-0.1, -0.05) is 35.0 Å². The second kappa shape index (κ2) is 5.28. The Bertz CT molecular complexity index is 640. The Morgan fingerprint density at radius 1 is 1.45 bits per heavy atom. The molecule has 1 amide bonds. The summed E-state index contributed by atoms with van der Waals surface area (Å²) in [6.07, 6.45) is 1.93. The predicted octanol–water partition coefficient (Wildman–Crippen LogP) is 1.84. The molecule has 1 aromatic carbocycles. The van der Waals surface area contributed by atoms with E-state index in [0.717, 1.165) is 5.69 Å². The Kier molecular flexibility index (Phi) is 3.48. The number of carbonyl (C=O) groups excluding carboxylic acids is 1. The van der Waals surface area contributed by atoms with Crippen molar-refractivity contribution in [2.45, 2.75) is 18.8 Å². The van der Waals surface area contributed by atoms with E-state index in [2.05, 4.69) is 35.4 Å². The molecule has 1 aliphatic heterocycles. The Balaban J connectivity index is 1.76. The zero-order valence-corrected chi connectivity index (χ0v) is 12.3. The number of hydrogen-bond donors (Lipinski definition) is 0. The maximum atomic E-state index is 11.5. The van der Waals surface area contributed by atoms with Gasteiger partial charge in [-0.2, -0.15) is 0 Å². The van der Waals surface area contributed by atoms with Crippen LogP contribution in [0.15, 0.2) is 30.5 Å². The summed E-state index contributed by atoms with van der Waals surface area (Å²) in [5, 5.41) is 8.35. The first kappa shape index (κ1) is 13.2. The molecule has 1 fully saturated rings. The number of carbonyl (C=O) groups is 1. The first-order chi connectivity index (χ1) is 9.63. The molecule has 1 saturated heterocycles. The van der Waals surface area contributed by atoms with Gasteiger partial charge in [0.1, 0.15) is 11.1 Å². The van der Waals surface area contributed by atoms with Gasteiger partial charge < -0.3 is 4.90 Å². The fourth-order valence-electron chi connectivity index (χ4n) is 2.28. The van der Waals surface area contributed by atoms with E-state index < -0.39 is 0 Å². The molecule has 0 radical (unpaired) electrons. The van der Waals surface area contributed by atoms with Crippen molar-refractivity contribution in [2.24, 2.45) is 0 Å². The van der Waals surface area contributed by atoms with Gasteiger partial charge in [0.2, 0.25) is 5.91 Å². The fourth-order valence-corrected chi connectivity index (χ4v) is 3.40. The highest BCUT2D eigenvalue weighted by Gasteiger charge is 2.31. The molecule has 0 saturated carbocycles. The molecule has 0 N–H and O–H groups in total. The molecule has 3 rings (SSSR count). The van der Waals surface area contributed by atoms with E-state index in [0.29, 0.717) is 12.3 Å². The van der Waals surface area contributed by atoms with Crippen LogP contribution in [-0.4, -0.2) is 38.6 Å². The summed E-state index contributed by atoms with van der Waals surface area (Å²) in [5.41, 5.74) is 3.28. The predicted molar refractivity (Wildman–Crippen MR) is 78.3 cm³/mol. The number of benzene rings is 1. The lowest BCUT2D eigenvalue weighted by Gasteiger charge is -2.15. The SMILES string of the molecule is Cc1cccc(Cn2cc([C@@H]3SCC(=O)N3C)nn2)c1. The second-order valence-electron chi connectivity index (χ2n) is 5.00. The highest BCUT2D eigenvalue weighted by molar-refractivity contribution is 8.00. The molecule has 2 aromatic rings. The van der Waals surface area contributed by atoms with Crippen LogP contribution >= 0.6 is 11.8 Å². The van der Waals surface area contributed by atoms with Crippen LogP contribution in [0.3, 0.4) is 0 Å². The second-order valence-corrected chi connectivity index (χ2v) is 6.07. The van der Waals surface area contributed by atoms with Gasteiger partial charge in [-0.3, -0.25) is 4.79 Å². The summed E-state index contributed by atoms with van der Waals surface area (Å²) in [4.78, 5) is 13.3. The summed E-state index contributed by atoms with van der Waals surface area (Å²) in [6.45, 7) is 2.77. The Labute approximate surface area is 122 Å². The van der Waals surface area contributed by atoms with Crippen LogP contribution in [0.4, 0.5) is 0 Å². The average Bonchev–Trinajstić information content (AvgIpc) is 2.98. The molecule has 1 aliphatic rings. The van der Waals surface area contributed by atoms with Crippen molar-refractivity contribution in [1.29, 1.82) is 0 Å². The number of amides is 1. The van der Waals surface area contributed by atoms with E-state index in [1.807, 2.05) is 24.0 Å². The Morgan fingerprint density at radius 3 is 3.00 bits per heavy atom. The van der Waals surface area contributed by atoms with Crippen LogP contribution in [0.1, 0.15) is 22.2 Å². The molecule has 104 valence electrons. The van der Waals surface area contributed by atoms with Crippen LogP contribution in [0, 0.1) is 6.92 Å². The summed E-state index contributed by atoms with van der Waals surface area (Å²) in [7, 11) is 1.81. The van der Waals surface area contributed by atoms with E-state index in [1.165, 1.54) is 11.1 Å². The quantitative estimate of drug-likeness (QED) is 0.865. The Hall–Kier alpha value is -1.82. The van der Waals surface area contributed by atoms with Gasteiger partial charge in [0.05, 0.1) is 18.5 Å². The monoisotopic (exact) mass is 288 g/mol. The zero-order chi connectivity index (χ0) is 14.1. The maximum absolute atomic E-state index is 11.5. The van der Waals surface area contributed by atoms with Crippen molar-refractivity contribution in [3.05, 3.63) is 47.3 Å². The fraction of sp³-hybridized carbons (Fsp3) is 0.357. The molecule has 0 bridgehead atoms. The zero-order valence-electron chi connectivity index (χ0n) is 11.5. The molecule has 0 aliphatic carbocycles. The molecular formula is C14H16N4OS. The summed E-state index contributed by atoms with van der Waals surface area (Å²) < 4.78 is 1.82. The highest BCUT2D eigenvalue weighted by Crippen LogP contribution is 2.35. The maximum Gasteiger partial charge on any atom is 0.233 e. The van der Waals surface area contributed by atoms with Crippen LogP contribution < -0.4 is 0 Å². The van der Waals surface area contributed by atoms with E-state index in [4.69, 9.17) is 0 Å². The van der Waals surface area contributed by atoms with Gasteiger partial charge in [0.15, 0.2) is 0 Å². The molecule has 20 heavy (non-hydrogen) atoms. The number of rotatable bonds is 3. The van der Waals surface area contributed by atoms with Gasteiger partial charge in [0, 0.05) is 7.05 Å². The van der Waals surface area contributed by atoms with Crippen molar-refractivity contribution in [3.63, 3.8) is 0 Å². The van der Waals surface area contributed by atoms with Gasteiger partial charge in [0.25, 0.3) is 0 Å². The number of thioether (sulfide) groups is 1. The van der Waals surface area contributed by atoms with E-state index >= 15 is 0 Å². The van der Waals surface area contributed by atoms with E-state index in [1.54, 1.807) is 16.7 Å². The average molecular weight is 288 g/mol. The standard InChI is InChI=1S/C14H16N4OS/c1-10-4-3-5-11(6-10)7-18-8-12(15-16-18)14-17(2)13(19)9-20-14/h3-6,8,14H,7,9H2,1-2H3/t14-/m0/s1. The van der Waals surface area contributed by atoms with Crippen molar-refractivity contribution in [3.8, 4) is 0 Å². The lowest BCUT2D eigenvalue weighted by Crippen LogP contribution is -2.23. The lowest BCUT2D eigenvalue weighted by atomic mass is 10.1. The lowest BCUT2D eigenvalue weighted by molar-refractivity contribution is -0.126. The third-order valence-electron chi connectivity index (χ3n) is 3.35. The van der Waals surface area contributed by atoms with Gasteiger partial charge >= 0.3 is 0 Å². The van der Waals surface area contributed by atoms with Gasteiger partial charge in [-0.05, 0) is 12.5 Å². The summed E-state index contributed by atoms with van der Waals surface area (Å²) in [6, 6.07) is 8.34. The third-order valence-corrected chi connectivity index (χ3v) is 4.63. The molecule has 2 heterocycles. The molecular weight excluding hydrogens is 272 g/mol. The minimum absolute atomic E-state index is 0.00578. The Morgan fingerprint density at radius 2 is 2.30 bits per heavy atom. The molecule has 1 atom stereocenters. The number of aromatic nitrogens is 3. The van der Waals surface area contributed by atoms with Crippen LogP contribution in [0.5, 0.6) is 0 Å². The third kappa shape index (κ3) is 2.56. The molecule has 0 spiro atoms. The van der Waals surface area contributed by atoms with Crippen molar-refractivity contribution >= 4 is 17.7 Å². The van der Waals surface area contributed by atoms with Crippen molar-refractivity contribution in [2.75, 3.05) is 12.8 Å². The van der Waals surface area contributed by atoms with E-state index in [9.17, 15) is 4.79 Å². The van der Waals surface area contributed by atoms with Crippen molar-refractivity contribution < 1.29 is 4.79 Å². The van der Waals surface area contributed by atoms with Crippen LogP contribution in [0.25, 0.3) is 0 Å². The largest absolute Gasteiger partial charge is 0.327 e. The van der Waals surface area contributed by atoms with Crippen LogP contribution in [-0.2, 0) is 11.3 Å². The normalized spacial score (nSPS) is 18.8. The smallest absolute Gasteiger partial charge is 0.233 e. The van der Waals surface area contributed by atoms with Gasteiger partial charge in [-0.25, -0.2) is 4.68 Å². The number of hydrogen-bond acceptors (Lipinski definition) is 4. The summed E-state index contributed by atoms with van der Waals surface area (Å²) >= 11 is 1.59. The van der Waals surface area contributed by atoms with Crippen molar-refractivity contribution in [1.82, 2.24) is 19.9 Å². The van der Waals surface area contributed by atoms with E-state index in [-0.39, 0.29) is 11.3 Å². The van der Waals surface area contributed by atoms with Crippen LogP contribution in [0.2, 0.25) is 0 Å². The molecule has 0 unspecified atom stereocenters. The number of aryl methyl sites for hydroxylation is 1. The molecule has 1 aromatic heterocycles. The molecule has 5 nitrogen and oxygen atoms in total. The molecule has 6 heteroatoms. The highest BCUT2D eigenvalue weighted by atomic mass is 32.2. The summed E-state index contributed by atoms with van der Waals surface area (Å²) in [5.74, 6) is 0.666. The number of nitrogens with zero attached hydrogens (tertiary/aromatic N) is 4. The first-order valence-corrected chi connectivity index (χ1v) is 7.51. The van der Waals surface area contributed by atoms with Gasteiger partial charge in [-0.15, -0.1) is 16.9 Å².